The Morgan fingerprint density at radius 1 is 0.690 bits per heavy atom. The number of rotatable bonds is 6. The summed E-state index contributed by atoms with van der Waals surface area (Å²) in [6.45, 7) is 2.12. The van der Waals surface area contributed by atoms with Crippen molar-refractivity contribution in [2.24, 2.45) is 0 Å². The highest BCUT2D eigenvalue weighted by Gasteiger charge is 2.18. The summed E-state index contributed by atoms with van der Waals surface area (Å²) < 4.78 is 6.82. The molecule has 6 nitrogen and oxygen atoms in total. The third kappa shape index (κ3) is 5.10. The van der Waals surface area contributed by atoms with Crippen LogP contribution in [0.2, 0.25) is 0 Å². The molecule has 42 heavy (non-hydrogen) atoms. The van der Waals surface area contributed by atoms with Gasteiger partial charge in [0.05, 0.1) is 41.9 Å². The van der Waals surface area contributed by atoms with Crippen LogP contribution in [0.5, 0.6) is 0 Å². The number of pyridine rings is 1. The molecule has 0 bridgehead atoms. The first kappa shape index (κ1) is 26.5. The van der Waals surface area contributed by atoms with E-state index in [2.05, 4.69) is 24.3 Å². The number of nitriles is 2. The lowest BCUT2D eigenvalue weighted by Crippen LogP contribution is -2.28. The first-order valence-corrected chi connectivity index (χ1v) is 13.6. The molecule has 0 fully saturated rings. The molecule has 1 aromatic heterocycles. The average Bonchev–Trinajstić information content (AvgIpc) is 3.01. The molecule has 202 valence electrons. The van der Waals surface area contributed by atoms with E-state index in [1.807, 2.05) is 72.8 Å². The summed E-state index contributed by atoms with van der Waals surface area (Å²) >= 11 is 0. The standard InChI is InChI=1S/C36H25N3O3/c1-2-42-36(41)33-19-30-12-4-24(13-23-3-8-28-9-5-25(20-37)15-31(28)14-23)18-34(30)39(35(33)40)22-27-7-11-29-10-6-26(21-38)16-32(29)17-27/h3-12,14-19H,2,13,22H2,1H3. The Labute approximate surface area is 242 Å². The second kappa shape index (κ2) is 11.0. The van der Waals surface area contributed by atoms with Crippen LogP contribution < -0.4 is 5.56 Å². The summed E-state index contributed by atoms with van der Waals surface area (Å²) in [6, 6.07) is 35.2. The van der Waals surface area contributed by atoms with Crippen LogP contribution in [0, 0.1) is 22.7 Å². The van der Waals surface area contributed by atoms with Gasteiger partial charge in [-0.3, -0.25) is 4.79 Å². The van der Waals surface area contributed by atoms with Crippen LogP contribution in [0.25, 0.3) is 32.4 Å². The molecule has 0 unspecified atom stereocenters. The Morgan fingerprint density at radius 3 is 1.86 bits per heavy atom. The highest BCUT2D eigenvalue weighted by atomic mass is 16.5. The molecule has 0 saturated carbocycles. The predicted molar refractivity (Wildman–Crippen MR) is 163 cm³/mol. The molecule has 0 spiro atoms. The molecule has 0 aliphatic heterocycles. The zero-order valence-corrected chi connectivity index (χ0v) is 22.9. The molecule has 5 aromatic carbocycles. The molecule has 6 aromatic rings. The summed E-state index contributed by atoms with van der Waals surface area (Å²) in [5.74, 6) is -0.646. The van der Waals surface area contributed by atoms with Crippen LogP contribution in [-0.2, 0) is 17.7 Å². The molecule has 6 heteroatoms. The van der Waals surface area contributed by atoms with Gasteiger partial charge in [0.1, 0.15) is 5.56 Å². The lowest BCUT2D eigenvalue weighted by Gasteiger charge is -2.15. The van der Waals surface area contributed by atoms with Crippen molar-refractivity contribution in [3.05, 3.63) is 141 Å². The monoisotopic (exact) mass is 547 g/mol. The third-order valence-corrected chi connectivity index (χ3v) is 7.47. The second-order valence-electron chi connectivity index (χ2n) is 10.3. The Hall–Kier alpha value is -5.72. The number of ether oxygens (including phenoxy) is 1. The van der Waals surface area contributed by atoms with Crippen molar-refractivity contribution in [3.8, 4) is 12.1 Å². The molecule has 0 radical (unpaired) electrons. The molecule has 0 N–H and O–H groups in total. The van der Waals surface area contributed by atoms with Crippen molar-refractivity contribution < 1.29 is 9.53 Å². The van der Waals surface area contributed by atoms with Crippen LogP contribution >= 0.6 is 0 Å². The summed E-state index contributed by atoms with van der Waals surface area (Å²) in [6.07, 6.45) is 0.628. The summed E-state index contributed by atoms with van der Waals surface area (Å²) in [5, 5.41) is 23.4. The topological polar surface area (TPSA) is 95.9 Å². The van der Waals surface area contributed by atoms with Gasteiger partial charge >= 0.3 is 5.97 Å². The lowest BCUT2D eigenvalue weighted by molar-refractivity contribution is 0.0524. The molecule has 0 amide bonds. The fourth-order valence-electron chi connectivity index (χ4n) is 5.40. The largest absolute Gasteiger partial charge is 0.462 e. The van der Waals surface area contributed by atoms with E-state index in [9.17, 15) is 20.1 Å². The van der Waals surface area contributed by atoms with Gasteiger partial charge < -0.3 is 9.30 Å². The summed E-state index contributed by atoms with van der Waals surface area (Å²) in [5.41, 5.74) is 4.42. The van der Waals surface area contributed by atoms with E-state index in [0.717, 1.165) is 43.6 Å². The quantitative estimate of drug-likeness (QED) is 0.212. The SMILES string of the molecule is CCOC(=O)c1cc2ccc(Cc3ccc4ccc(C#N)cc4c3)cc2n(Cc2ccc3ccc(C#N)cc3c2)c1=O. The Kier molecular flexibility index (Phi) is 6.97. The number of benzene rings is 5. The van der Waals surface area contributed by atoms with Gasteiger partial charge in [0, 0.05) is 0 Å². The van der Waals surface area contributed by atoms with Gasteiger partial charge in [-0.15, -0.1) is 0 Å². The summed E-state index contributed by atoms with van der Waals surface area (Å²) in [7, 11) is 0. The normalized spacial score (nSPS) is 10.9. The maximum absolute atomic E-state index is 13.7. The predicted octanol–water partition coefficient (Wildman–Crippen LogP) is 6.87. The number of carbonyl (C=O) groups excluding carboxylic acids is 1. The second-order valence-corrected chi connectivity index (χ2v) is 10.3. The van der Waals surface area contributed by atoms with Crippen molar-refractivity contribution in [1.82, 2.24) is 4.57 Å². The van der Waals surface area contributed by atoms with Gasteiger partial charge in [0.25, 0.3) is 5.56 Å². The molecule has 0 aliphatic carbocycles. The molecule has 0 atom stereocenters. The van der Waals surface area contributed by atoms with E-state index in [1.54, 1.807) is 23.6 Å². The van der Waals surface area contributed by atoms with Crippen molar-refractivity contribution in [2.45, 2.75) is 19.9 Å². The fraction of sp³-hybridized carbons (Fsp3) is 0.111. The molecule has 1 heterocycles. The van der Waals surface area contributed by atoms with E-state index in [1.165, 1.54) is 0 Å². The first-order chi connectivity index (χ1) is 20.4. The minimum atomic E-state index is -0.646. The molecule has 0 aliphatic rings. The average molecular weight is 548 g/mol. The van der Waals surface area contributed by atoms with Crippen LogP contribution in [0.4, 0.5) is 0 Å². The highest BCUT2D eigenvalue weighted by Crippen LogP contribution is 2.24. The van der Waals surface area contributed by atoms with Crippen LogP contribution in [0.3, 0.4) is 0 Å². The van der Waals surface area contributed by atoms with Crippen LogP contribution in [0.15, 0.2) is 102 Å². The molecular weight excluding hydrogens is 522 g/mol. The molecule has 0 saturated heterocycles. The van der Waals surface area contributed by atoms with Gasteiger partial charge in [-0.25, -0.2) is 4.79 Å². The van der Waals surface area contributed by atoms with Crippen molar-refractivity contribution in [1.29, 1.82) is 10.5 Å². The van der Waals surface area contributed by atoms with Crippen molar-refractivity contribution >= 4 is 38.4 Å². The van der Waals surface area contributed by atoms with E-state index in [-0.39, 0.29) is 18.7 Å². The highest BCUT2D eigenvalue weighted by molar-refractivity contribution is 5.94. The third-order valence-electron chi connectivity index (χ3n) is 7.47. The number of aromatic nitrogens is 1. The van der Waals surface area contributed by atoms with Crippen molar-refractivity contribution in [2.75, 3.05) is 6.61 Å². The zero-order chi connectivity index (χ0) is 29.2. The minimum absolute atomic E-state index is 0.00696. The molecule has 6 rings (SSSR count). The van der Waals surface area contributed by atoms with E-state index >= 15 is 0 Å². The lowest BCUT2D eigenvalue weighted by atomic mass is 9.99. The van der Waals surface area contributed by atoms with Gasteiger partial charge in [0.2, 0.25) is 0 Å². The van der Waals surface area contributed by atoms with Gasteiger partial charge in [-0.05, 0) is 99.4 Å². The van der Waals surface area contributed by atoms with E-state index in [4.69, 9.17) is 4.74 Å². The van der Waals surface area contributed by atoms with Crippen LogP contribution in [0.1, 0.15) is 45.1 Å². The zero-order valence-electron chi connectivity index (χ0n) is 22.9. The Bertz CT molecular complexity index is 2180. The van der Waals surface area contributed by atoms with Gasteiger partial charge in [-0.2, -0.15) is 10.5 Å². The Morgan fingerprint density at radius 2 is 1.24 bits per heavy atom. The fourth-order valence-corrected chi connectivity index (χ4v) is 5.40. The van der Waals surface area contributed by atoms with Crippen LogP contribution in [-0.4, -0.2) is 17.1 Å². The van der Waals surface area contributed by atoms with Crippen molar-refractivity contribution in [3.63, 3.8) is 0 Å². The van der Waals surface area contributed by atoms with Gasteiger partial charge in [0.15, 0.2) is 0 Å². The number of hydrogen-bond donors (Lipinski definition) is 0. The van der Waals surface area contributed by atoms with E-state index in [0.29, 0.717) is 23.1 Å². The number of nitrogens with zero attached hydrogens (tertiary/aromatic N) is 3. The smallest absolute Gasteiger partial charge is 0.343 e. The van der Waals surface area contributed by atoms with E-state index < -0.39 is 11.5 Å². The Balaban J connectivity index is 1.45. The maximum Gasteiger partial charge on any atom is 0.343 e. The maximum atomic E-state index is 13.7. The first-order valence-electron chi connectivity index (χ1n) is 13.6. The number of fused-ring (bicyclic) bond motifs is 3. The molecular formula is C36H25N3O3. The number of carbonyl (C=O) groups is 1. The number of hydrogen-bond acceptors (Lipinski definition) is 5. The number of esters is 1. The summed E-state index contributed by atoms with van der Waals surface area (Å²) in [4.78, 5) is 26.5. The van der Waals surface area contributed by atoms with Gasteiger partial charge in [-0.1, -0.05) is 54.6 Å². The minimum Gasteiger partial charge on any atom is -0.462 e.